The molecule has 1 amide bonds. The Hall–Kier alpha value is -4.51. The highest BCUT2D eigenvalue weighted by atomic mass is 35.5. The third-order valence-electron chi connectivity index (χ3n) is 6.33. The van der Waals surface area contributed by atoms with E-state index < -0.39 is 29.9 Å². The van der Waals surface area contributed by atoms with Gasteiger partial charge in [0.05, 0.1) is 22.3 Å². The van der Waals surface area contributed by atoms with Crippen molar-refractivity contribution in [1.29, 1.82) is 0 Å². The first-order valence-corrected chi connectivity index (χ1v) is 13.4. The molecule has 2 aromatic carbocycles. The molecule has 0 aliphatic rings. The molecule has 0 atom stereocenters. The fraction of sp³-hybridized carbons (Fsp3) is 0.167. The number of amides is 1. The summed E-state index contributed by atoms with van der Waals surface area (Å²) < 4.78 is 10.7. The van der Waals surface area contributed by atoms with Crippen LogP contribution in [0.25, 0.3) is 44.6 Å². The molecule has 3 aromatic heterocycles. The number of nitrogens with one attached hydrogen (secondary N) is 2. The molecule has 3 heterocycles. The number of hydrogen-bond acceptors (Lipinski definition) is 8. The Bertz CT molecular complexity index is 1820. The van der Waals surface area contributed by atoms with Crippen LogP contribution in [0.5, 0.6) is 0 Å². The van der Waals surface area contributed by atoms with E-state index >= 15 is 0 Å². The van der Waals surface area contributed by atoms with Crippen LogP contribution in [0.4, 0.5) is 5.69 Å². The Balaban J connectivity index is 1.74. The normalized spacial score (nSPS) is 11.5. The number of ether oxygens (including phenoxy) is 1. The molecule has 0 fully saturated rings. The Morgan fingerprint density at radius 1 is 1.02 bits per heavy atom. The number of anilines is 1. The van der Waals surface area contributed by atoms with Crippen LogP contribution in [0, 0.1) is 0 Å². The first-order valence-electron chi connectivity index (χ1n) is 12.7. The Labute approximate surface area is 249 Å². The second-order valence-electron chi connectivity index (χ2n) is 9.95. The van der Waals surface area contributed by atoms with Gasteiger partial charge in [-0.25, -0.2) is 4.98 Å². The molecular weight excluding hydrogens is 583 g/mol. The summed E-state index contributed by atoms with van der Waals surface area (Å²) in [5.74, 6) is -2.48. The fourth-order valence-electron chi connectivity index (χ4n) is 4.28. The van der Waals surface area contributed by atoms with Crippen LogP contribution in [0.3, 0.4) is 0 Å². The third-order valence-corrected chi connectivity index (χ3v) is 6.89. The quantitative estimate of drug-likeness (QED) is 0.137. The number of aromatic nitrogens is 3. The molecule has 214 valence electrons. The number of furan rings is 1. The van der Waals surface area contributed by atoms with Gasteiger partial charge in [-0.05, 0) is 49.2 Å². The largest absolute Gasteiger partial charge is 0.456 e. The Kier molecular flexibility index (Phi) is 7.87. The van der Waals surface area contributed by atoms with Crippen molar-refractivity contribution in [3.63, 3.8) is 0 Å². The highest BCUT2D eigenvalue weighted by molar-refractivity contribution is 6.34. The number of Topliss-reactive ketones (excluding diaryl/α,β-unsaturated/α-hetero) is 1. The summed E-state index contributed by atoms with van der Waals surface area (Å²) in [6.45, 7) is 3.17. The van der Waals surface area contributed by atoms with Crippen molar-refractivity contribution in [3.05, 3.63) is 76.7 Å². The zero-order chi connectivity index (χ0) is 30.2. The number of hydrogen-bond donors (Lipinski definition) is 3. The lowest BCUT2D eigenvalue weighted by Crippen LogP contribution is -2.31. The second-order valence-corrected chi connectivity index (χ2v) is 10.8. The molecule has 10 nitrogen and oxygen atoms in total. The van der Waals surface area contributed by atoms with Crippen molar-refractivity contribution in [3.8, 4) is 33.5 Å². The van der Waals surface area contributed by atoms with Gasteiger partial charge in [-0.15, -0.1) is 0 Å². The van der Waals surface area contributed by atoms with Gasteiger partial charge in [0.25, 0.3) is 5.91 Å². The van der Waals surface area contributed by atoms with Gasteiger partial charge < -0.3 is 19.6 Å². The number of fused-ring (bicyclic) bond motifs is 1. The van der Waals surface area contributed by atoms with E-state index in [0.29, 0.717) is 32.4 Å². The topological polar surface area (TPSA) is 147 Å². The van der Waals surface area contributed by atoms with Gasteiger partial charge in [-0.2, -0.15) is 5.10 Å². The number of H-pyrrole nitrogens is 1. The molecule has 0 bridgehead atoms. The van der Waals surface area contributed by atoms with Crippen LogP contribution in [-0.2, 0) is 14.3 Å². The lowest BCUT2D eigenvalue weighted by atomic mass is 9.96. The average Bonchev–Trinajstić information content (AvgIpc) is 3.59. The maximum Gasteiger partial charge on any atom is 0.303 e. The smallest absolute Gasteiger partial charge is 0.303 e. The Morgan fingerprint density at radius 3 is 2.36 bits per heavy atom. The third kappa shape index (κ3) is 5.91. The van der Waals surface area contributed by atoms with Crippen molar-refractivity contribution in [2.75, 3.05) is 11.9 Å². The number of ketones is 1. The summed E-state index contributed by atoms with van der Waals surface area (Å²) in [6.07, 6.45) is 3.42. The standard InChI is InChI=1S/C30H24Cl2N4O6/c1-15(37)41-14-24(38)35-26-22-11-21(16-4-7-19(31)8-5-16)25(36-29(22)42-27(26)28(39)30(2,3)40)20-9-6-17(10-23(20)32)18-12-33-34-13-18/h4-13,40H,14H2,1-3H3,(H,33,34)(H,35,38). The van der Waals surface area contributed by atoms with Gasteiger partial charge in [-0.3, -0.25) is 19.5 Å². The second kappa shape index (κ2) is 11.4. The minimum absolute atomic E-state index is 0.00748. The van der Waals surface area contributed by atoms with Gasteiger partial charge in [0, 0.05) is 34.8 Å². The predicted molar refractivity (Wildman–Crippen MR) is 158 cm³/mol. The molecule has 12 heteroatoms. The number of rotatable bonds is 8. The summed E-state index contributed by atoms with van der Waals surface area (Å²) in [5, 5.41) is 21.0. The number of aromatic amines is 1. The summed E-state index contributed by atoms with van der Waals surface area (Å²) in [5.41, 5.74) is 2.14. The first kappa shape index (κ1) is 29.0. The van der Waals surface area contributed by atoms with Crippen LogP contribution in [0.1, 0.15) is 31.3 Å². The molecule has 0 unspecified atom stereocenters. The molecule has 5 rings (SSSR count). The number of carbonyl (C=O) groups excluding carboxylic acids is 3. The van der Waals surface area contributed by atoms with Crippen LogP contribution < -0.4 is 5.32 Å². The Morgan fingerprint density at radius 2 is 1.74 bits per heavy atom. The van der Waals surface area contributed by atoms with E-state index in [1.165, 1.54) is 20.8 Å². The lowest BCUT2D eigenvalue weighted by Gasteiger charge is -2.15. The SMILES string of the molecule is CC(=O)OCC(=O)Nc1c(C(=O)C(C)(C)O)oc2nc(-c3ccc(-c4cn[nH]c4)cc3Cl)c(-c3ccc(Cl)cc3)cc12. The van der Waals surface area contributed by atoms with Crippen LogP contribution in [0.2, 0.25) is 10.0 Å². The zero-order valence-corrected chi connectivity index (χ0v) is 24.1. The number of carbonyl (C=O) groups is 3. The summed E-state index contributed by atoms with van der Waals surface area (Å²) in [4.78, 5) is 41.9. The van der Waals surface area contributed by atoms with E-state index in [2.05, 4.69) is 15.5 Å². The molecule has 0 spiro atoms. The highest BCUT2D eigenvalue weighted by Crippen LogP contribution is 2.42. The molecule has 0 saturated carbocycles. The summed E-state index contributed by atoms with van der Waals surface area (Å²) >= 11 is 12.9. The van der Waals surface area contributed by atoms with Crippen molar-refractivity contribution >= 4 is 57.6 Å². The summed E-state index contributed by atoms with van der Waals surface area (Å²) in [6, 6.07) is 14.2. The van der Waals surface area contributed by atoms with Gasteiger partial charge in [0.15, 0.2) is 12.4 Å². The molecule has 0 aliphatic heterocycles. The molecule has 0 radical (unpaired) electrons. The van der Waals surface area contributed by atoms with E-state index in [-0.39, 0.29) is 22.5 Å². The number of benzene rings is 2. The minimum atomic E-state index is -1.84. The van der Waals surface area contributed by atoms with Crippen molar-refractivity contribution < 1.29 is 28.6 Å². The first-order chi connectivity index (χ1) is 19.9. The highest BCUT2D eigenvalue weighted by Gasteiger charge is 2.33. The zero-order valence-electron chi connectivity index (χ0n) is 22.6. The van der Waals surface area contributed by atoms with Gasteiger partial charge >= 0.3 is 5.97 Å². The average molecular weight is 607 g/mol. The van der Waals surface area contributed by atoms with Gasteiger partial charge in [-0.1, -0.05) is 47.5 Å². The molecule has 5 aromatic rings. The number of aliphatic hydroxyl groups is 1. The maximum atomic E-state index is 13.2. The van der Waals surface area contributed by atoms with Gasteiger partial charge in [0.1, 0.15) is 11.3 Å². The molecule has 0 saturated heterocycles. The summed E-state index contributed by atoms with van der Waals surface area (Å²) in [7, 11) is 0. The fourth-order valence-corrected chi connectivity index (χ4v) is 4.67. The molecule has 3 N–H and O–H groups in total. The number of nitrogens with zero attached hydrogens (tertiary/aromatic N) is 2. The lowest BCUT2D eigenvalue weighted by molar-refractivity contribution is -0.144. The number of pyridine rings is 1. The van der Waals surface area contributed by atoms with Crippen LogP contribution in [0.15, 0.2) is 65.3 Å². The van der Waals surface area contributed by atoms with Crippen LogP contribution in [-0.4, -0.2) is 50.2 Å². The molecule has 0 aliphatic carbocycles. The van der Waals surface area contributed by atoms with Crippen molar-refractivity contribution in [2.45, 2.75) is 26.4 Å². The van der Waals surface area contributed by atoms with E-state index in [1.807, 2.05) is 12.1 Å². The van der Waals surface area contributed by atoms with Crippen molar-refractivity contribution in [2.24, 2.45) is 0 Å². The van der Waals surface area contributed by atoms with E-state index in [1.54, 1.807) is 48.8 Å². The maximum absolute atomic E-state index is 13.2. The predicted octanol–water partition coefficient (Wildman–Crippen LogP) is 6.31. The molecule has 42 heavy (non-hydrogen) atoms. The van der Waals surface area contributed by atoms with Crippen molar-refractivity contribution in [1.82, 2.24) is 15.2 Å². The number of halogens is 2. The minimum Gasteiger partial charge on any atom is -0.456 e. The van der Waals surface area contributed by atoms with E-state index in [9.17, 15) is 19.5 Å². The van der Waals surface area contributed by atoms with E-state index in [4.69, 9.17) is 37.3 Å². The van der Waals surface area contributed by atoms with Crippen LogP contribution >= 0.6 is 23.2 Å². The molecular formula is C30H24Cl2N4O6. The monoisotopic (exact) mass is 606 g/mol. The van der Waals surface area contributed by atoms with E-state index in [0.717, 1.165) is 11.1 Å². The van der Waals surface area contributed by atoms with Gasteiger partial charge in [0.2, 0.25) is 11.5 Å². The number of esters is 1.